The van der Waals surface area contributed by atoms with Crippen molar-refractivity contribution in [2.45, 2.75) is 62.8 Å². The van der Waals surface area contributed by atoms with Crippen LogP contribution in [0.2, 0.25) is 0 Å². The Morgan fingerprint density at radius 3 is 2.51 bits per heavy atom. The topological polar surface area (TPSA) is 114 Å². The number of nitrogens with zero attached hydrogens (tertiary/aromatic N) is 1. The van der Waals surface area contributed by atoms with Crippen molar-refractivity contribution in [3.63, 3.8) is 0 Å². The summed E-state index contributed by atoms with van der Waals surface area (Å²) in [5.41, 5.74) is 0.812. The minimum Gasteiger partial charge on any atom is -0.465 e. The molecule has 3 amide bonds. The van der Waals surface area contributed by atoms with Gasteiger partial charge in [0.05, 0.1) is 30.0 Å². The van der Waals surface area contributed by atoms with E-state index >= 15 is 0 Å². The van der Waals surface area contributed by atoms with Crippen LogP contribution >= 0.6 is 23.1 Å². The highest BCUT2D eigenvalue weighted by Crippen LogP contribution is 2.39. The fourth-order valence-corrected chi connectivity index (χ4v) is 6.73. The van der Waals surface area contributed by atoms with Gasteiger partial charge < -0.3 is 25.0 Å². The first-order valence-corrected chi connectivity index (χ1v) is 15.4. The summed E-state index contributed by atoms with van der Waals surface area (Å²) in [6.07, 6.45) is 0.461. The number of amides is 3. The molecule has 1 aliphatic rings. The molecule has 1 aromatic heterocycles. The van der Waals surface area contributed by atoms with Gasteiger partial charge in [-0.2, -0.15) is 0 Å². The van der Waals surface area contributed by atoms with Crippen molar-refractivity contribution in [3.05, 3.63) is 75.9 Å². The molecular formula is C31H34FN3O6S2. The zero-order valence-corrected chi connectivity index (χ0v) is 26.2. The Morgan fingerprint density at radius 2 is 1.84 bits per heavy atom. The SMILES string of the molecule is CCC(Sc1cccc(NC(=O)c2ccccc2F)c1)C(=O)Nc1sc2c(c1C(=O)OC)CCN(C(=O)OC(C)(C)C)C2. The molecule has 0 aliphatic carbocycles. The number of carbonyl (C=O) groups excluding carboxylic acids is 4. The number of nitrogens with one attached hydrogen (secondary N) is 2. The van der Waals surface area contributed by atoms with E-state index in [-0.39, 0.29) is 18.0 Å². The summed E-state index contributed by atoms with van der Waals surface area (Å²) in [5.74, 6) is -2.06. The maximum absolute atomic E-state index is 14.0. The monoisotopic (exact) mass is 627 g/mol. The van der Waals surface area contributed by atoms with Crippen LogP contribution in [0.25, 0.3) is 0 Å². The minimum absolute atomic E-state index is 0.0689. The van der Waals surface area contributed by atoms with Gasteiger partial charge in [-0.3, -0.25) is 9.59 Å². The van der Waals surface area contributed by atoms with E-state index in [4.69, 9.17) is 9.47 Å². The summed E-state index contributed by atoms with van der Waals surface area (Å²) in [6.45, 7) is 7.90. The second-order valence-corrected chi connectivity index (χ2v) is 13.2. The Labute approximate surface area is 258 Å². The zero-order chi connectivity index (χ0) is 31.3. The maximum Gasteiger partial charge on any atom is 0.410 e. The van der Waals surface area contributed by atoms with Crippen LogP contribution in [-0.2, 0) is 27.2 Å². The van der Waals surface area contributed by atoms with Gasteiger partial charge in [0.15, 0.2) is 0 Å². The first kappa shape index (κ1) is 32.0. The number of hydrogen-bond acceptors (Lipinski definition) is 8. The maximum atomic E-state index is 14.0. The third-order valence-electron chi connectivity index (χ3n) is 6.49. The number of ether oxygens (including phenoxy) is 2. The number of fused-ring (bicyclic) bond motifs is 1. The molecule has 2 aromatic carbocycles. The average Bonchev–Trinajstić information content (AvgIpc) is 3.31. The molecule has 2 N–H and O–H groups in total. The largest absolute Gasteiger partial charge is 0.465 e. The smallest absolute Gasteiger partial charge is 0.410 e. The average molecular weight is 628 g/mol. The molecule has 0 bridgehead atoms. The van der Waals surface area contributed by atoms with Gasteiger partial charge >= 0.3 is 12.1 Å². The van der Waals surface area contributed by atoms with Crippen molar-refractivity contribution in [2.75, 3.05) is 24.3 Å². The second-order valence-electron chi connectivity index (χ2n) is 10.8. The molecule has 0 fully saturated rings. The van der Waals surface area contributed by atoms with Crippen LogP contribution in [-0.4, -0.2) is 53.3 Å². The number of anilines is 2. The number of halogens is 1. The van der Waals surface area contributed by atoms with Gasteiger partial charge in [-0.15, -0.1) is 23.1 Å². The van der Waals surface area contributed by atoms with Gasteiger partial charge in [0.2, 0.25) is 5.91 Å². The molecule has 228 valence electrons. The van der Waals surface area contributed by atoms with Gasteiger partial charge in [0.25, 0.3) is 5.91 Å². The van der Waals surface area contributed by atoms with E-state index in [1.807, 2.05) is 13.0 Å². The standard InChI is InChI=1S/C31H34FN3O6S2/c1-6-23(42-19-11-9-10-18(16-19)33-26(36)20-12-7-8-13-22(20)32)27(37)34-28-25(29(38)40-5)21-14-15-35(17-24(21)43-28)30(39)41-31(2,3)4/h7-13,16,23H,6,14-15,17H2,1-5H3,(H,33,36)(H,34,37). The molecule has 0 spiro atoms. The lowest BCUT2D eigenvalue weighted by Gasteiger charge is -2.30. The van der Waals surface area contributed by atoms with Crippen LogP contribution in [0.1, 0.15) is 65.3 Å². The van der Waals surface area contributed by atoms with E-state index < -0.39 is 34.6 Å². The van der Waals surface area contributed by atoms with Crippen LogP contribution in [0.5, 0.6) is 0 Å². The quantitative estimate of drug-likeness (QED) is 0.210. The molecule has 0 radical (unpaired) electrons. The molecular weight excluding hydrogens is 593 g/mol. The normalized spacial score (nSPS) is 13.5. The molecule has 12 heteroatoms. The first-order valence-electron chi connectivity index (χ1n) is 13.7. The van der Waals surface area contributed by atoms with Crippen molar-refractivity contribution in [1.29, 1.82) is 0 Å². The van der Waals surface area contributed by atoms with Crippen molar-refractivity contribution in [2.24, 2.45) is 0 Å². The number of thiophene rings is 1. The van der Waals surface area contributed by atoms with E-state index in [1.165, 1.54) is 48.4 Å². The predicted octanol–water partition coefficient (Wildman–Crippen LogP) is 6.73. The van der Waals surface area contributed by atoms with Crippen LogP contribution < -0.4 is 10.6 Å². The molecule has 1 unspecified atom stereocenters. The molecule has 1 atom stereocenters. The van der Waals surface area contributed by atoms with Gasteiger partial charge in [-0.1, -0.05) is 25.1 Å². The van der Waals surface area contributed by atoms with Gasteiger partial charge in [-0.25, -0.2) is 14.0 Å². The first-order chi connectivity index (χ1) is 20.4. The van der Waals surface area contributed by atoms with E-state index in [1.54, 1.807) is 49.9 Å². The molecule has 2 heterocycles. The van der Waals surface area contributed by atoms with E-state index in [9.17, 15) is 23.6 Å². The molecule has 4 rings (SSSR count). The third-order valence-corrected chi connectivity index (χ3v) is 8.98. The lowest BCUT2D eigenvalue weighted by molar-refractivity contribution is -0.115. The molecule has 0 saturated heterocycles. The second kappa shape index (κ2) is 13.6. The Morgan fingerprint density at radius 1 is 1.09 bits per heavy atom. The molecule has 9 nitrogen and oxygen atoms in total. The number of thioether (sulfide) groups is 1. The van der Waals surface area contributed by atoms with Crippen LogP contribution in [0, 0.1) is 5.82 Å². The fraction of sp³-hybridized carbons (Fsp3) is 0.355. The summed E-state index contributed by atoms with van der Waals surface area (Å²) >= 11 is 2.55. The fourth-order valence-electron chi connectivity index (χ4n) is 4.46. The summed E-state index contributed by atoms with van der Waals surface area (Å²) in [5, 5.41) is 5.47. The zero-order valence-electron chi connectivity index (χ0n) is 24.6. The van der Waals surface area contributed by atoms with Crippen molar-refractivity contribution in [3.8, 4) is 0 Å². The lowest BCUT2D eigenvalue weighted by Crippen LogP contribution is -2.39. The Kier molecular flexibility index (Phi) is 10.1. The highest BCUT2D eigenvalue weighted by atomic mass is 32.2. The number of hydrogen-bond donors (Lipinski definition) is 2. The summed E-state index contributed by atoms with van der Waals surface area (Å²) < 4.78 is 24.6. The summed E-state index contributed by atoms with van der Waals surface area (Å²) in [4.78, 5) is 54.6. The van der Waals surface area contributed by atoms with Gasteiger partial charge in [0, 0.05) is 22.0 Å². The highest BCUT2D eigenvalue weighted by molar-refractivity contribution is 8.00. The van der Waals surface area contributed by atoms with Crippen LogP contribution in [0.4, 0.5) is 19.9 Å². The van der Waals surface area contributed by atoms with Crippen molar-refractivity contribution in [1.82, 2.24) is 4.90 Å². The summed E-state index contributed by atoms with van der Waals surface area (Å²) in [7, 11) is 1.29. The third kappa shape index (κ3) is 7.94. The Hall–Kier alpha value is -3.90. The Bertz CT molecular complexity index is 1530. The van der Waals surface area contributed by atoms with E-state index in [2.05, 4.69) is 10.6 Å². The number of benzene rings is 2. The van der Waals surface area contributed by atoms with Crippen molar-refractivity contribution >= 4 is 57.7 Å². The predicted molar refractivity (Wildman–Crippen MR) is 165 cm³/mol. The number of rotatable bonds is 8. The van der Waals surface area contributed by atoms with E-state index in [0.717, 1.165) is 15.3 Å². The van der Waals surface area contributed by atoms with E-state index in [0.29, 0.717) is 35.6 Å². The molecule has 0 saturated carbocycles. The van der Waals surface area contributed by atoms with Crippen molar-refractivity contribution < 1.29 is 33.0 Å². The number of methoxy groups -OCH3 is 1. The number of esters is 1. The lowest BCUT2D eigenvalue weighted by atomic mass is 10.0. The Balaban J connectivity index is 1.49. The number of carbonyl (C=O) groups is 4. The highest BCUT2D eigenvalue weighted by Gasteiger charge is 2.33. The van der Waals surface area contributed by atoms with Gasteiger partial charge in [-0.05, 0) is 69.5 Å². The van der Waals surface area contributed by atoms with Gasteiger partial charge in [0.1, 0.15) is 16.4 Å². The molecule has 1 aliphatic heterocycles. The summed E-state index contributed by atoms with van der Waals surface area (Å²) in [6, 6.07) is 12.7. The minimum atomic E-state index is -0.638. The molecule has 43 heavy (non-hydrogen) atoms. The van der Waals surface area contributed by atoms with Crippen LogP contribution in [0.3, 0.4) is 0 Å². The molecule has 3 aromatic rings. The van der Waals surface area contributed by atoms with Crippen LogP contribution in [0.15, 0.2) is 53.4 Å².